The number of aromatic nitrogens is 3. The highest BCUT2D eigenvalue weighted by Gasteiger charge is 2.26. The van der Waals surface area contributed by atoms with Crippen molar-refractivity contribution < 1.29 is 9.59 Å². The molecule has 8 heteroatoms. The Kier molecular flexibility index (Phi) is 5.08. The lowest BCUT2D eigenvalue weighted by Crippen LogP contribution is -2.43. The van der Waals surface area contributed by atoms with Gasteiger partial charge in [-0.2, -0.15) is 0 Å². The van der Waals surface area contributed by atoms with E-state index in [0.29, 0.717) is 5.16 Å². The number of nitrogens with zero attached hydrogens (tertiary/aromatic N) is 3. The van der Waals surface area contributed by atoms with Gasteiger partial charge in [0.1, 0.15) is 0 Å². The Labute approximate surface area is 150 Å². The number of hydrogen-bond donors (Lipinski definition) is 2. The molecule has 7 nitrogen and oxygen atoms in total. The van der Waals surface area contributed by atoms with Gasteiger partial charge in [0.25, 0.3) is 0 Å². The Balaban J connectivity index is 1.63. The molecule has 0 bridgehead atoms. The number of rotatable bonds is 5. The number of hydrogen-bond acceptors (Lipinski definition) is 5. The summed E-state index contributed by atoms with van der Waals surface area (Å²) >= 11 is 1.27. The van der Waals surface area contributed by atoms with Gasteiger partial charge in [0.05, 0.1) is 5.25 Å². The normalized spacial score (nSPS) is 14.8. The molecule has 1 unspecified atom stereocenters. The molecule has 1 aliphatic rings. The lowest BCUT2D eigenvalue weighted by atomic mass is 10.1. The molecule has 1 aliphatic carbocycles. The van der Waals surface area contributed by atoms with E-state index in [0.717, 1.165) is 24.2 Å². The molecule has 2 N–H and O–H groups in total. The zero-order chi connectivity index (χ0) is 18.0. The highest BCUT2D eigenvalue weighted by atomic mass is 32.2. The fraction of sp³-hybridized carbons (Fsp3) is 0.412. The van der Waals surface area contributed by atoms with Crippen molar-refractivity contribution in [2.45, 2.75) is 43.1 Å². The number of urea groups is 1. The first-order valence-corrected chi connectivity index (χ1v) is 9.06. The van der Waals surface area contributed by atoms with Crippen molar-refractivity contribution in [3.63, 3.8) is 0 Å². The van der Waals surface area contributed by atoms with E-state index < -0.39 is 11.3 Å². The van der Waals surface area contributed by atoms with Crippen molar-refractivity contribution in [2.24, 2.45) is 7.05 Å². The van der Waals surface area contributed by atoms with E-state index >= 15 is 0 Å². The van der Waals surface area contributed by atoms with Crippen LogP contribution in [0.2, 0.25) is 0 Å². The fourth-order valence-electron chi connectivity index (χ4n) is 2.25. The molecule has 1 aromatic heterocycles. The van der Waals surface area contributed by atoms with Gasteiger partial charge in [-0.05, 0) is 26.7 Å². The summed E-state index contributed by atoms with van der Waals surface area (Å²) in [6.45, 7) is 3.77. The minimum absolute atomic E-state index is 0.214. The van der Waals surface area contributed by atoms with Crippen molar-refractivity contribution in [2.75, 3.05) is 0 Å². The highest BCUT2D eigenvalue weighted by Crippen LogP contribution is 2.26. The number of amides is 3. The van der Waals surface area contributed by atoms with E-state index in [4.69, 9.17) is 0 Å². The summed E-state index contributed by atoms with van der Waals surface area (Å²) < 4.78 is 1.85. The first-order valence-electron chi connectivity index (χ1n) is 8.18. The van der Waals surface area contributed by atoms with Crippen LogP contribution in [0.1, 0.15) is 25.3 Å². The molecular weight excluding hydrogens is 338 g/mol. The van der Waals surface area contributed by atoms with Crippen molar-refractivity contribution in [3.05, 3.63) is 29.8 Å². The molecule has 1 atom stereocenters. The number of carbonyl (C=O) groups excluding carboxylic acids is 2. The first kappa shape index (κ1) is 17.5. The number of thioether (sulfide) groups is 1. The molecular formula is C17H21N5O2S. The lowest BCUT2D eigenvalue weighted by molar-refractivity contribution is -0.119. The third-order valence-corrected chi connectivity index (χ3v) is 5.08. The molecule has 1 saturated carbocycles. The second-order valence-corrected chi connectivity index (χ2v) is 7.54. The summed E-state index contributed by atoms with van der Waals surface area (Å²) in [5.74, 6) is 0.393. The van der Waals surface area contributed by atoms with Gasteiger partial charge in [-0.1, -0.05) is 41.6 Å². The number of nitrogens with one attached hydrogen (secondary N) is 2. The van der Waals surface area contributed by atoms with Crippen molar-refractivity contribution >= 4 is 23.7 Å². The van der Waals surface area contributed by atoms with Crippen LogP contribution in [0.4, 0.5) is 4.79 Å². The van der Waals surface area contributed by atoms with Gasteiger partial charge in [-0.3, -0.25) is 10.1 Å². The average Bonchev–Trinajstić information content (AvgIpc) is 3.31. The van der Waals surface area contributed by atoms with Crippen LogP contribution in [0, 0.1) is 6.92 Å². The Morgan fingerprint density at radius 2 is 1.92 bits per heavy atom. The molecule has 0 spiro atoms. The number of aryl methyl sites for hydroxylation is 1. The van der Waals surface area contributed by atoms with Crippen molar-refractivity contribution in [1.29, 1.82) is 0 Å². The van der Waals surface area contributed by atoms with Gasteiger partial charge in [0.2, 0.25) is 5.91 Å². The Morgan fingerprint density at radius 1 is 1.24 bits per heavy atom. The van der Waals surface area contributed by atoms with Crippen LogP contribution >= 0.6 is 11.8 Å². The molecule has 132 valence electrons. The summed E-state index contributed by atoms with van der Waals surface area (Å²) in [5, 5.41) is 13.7. The second-order valence-electron chi connectivity index (χ2n) is 6.23. The maximum Gasteiger partial charge on any atom is 0.321 e. The van der Waals surface area contributed by atoms with E-state index in [9.17, 15) is 9.59 Å². The Bertz CT molecular complexity index is 783. The van der Waals surface area contributed by atoms with E-state index in [-0.39, 0.29) is 11.9 Å². The van der Waals surface area contributed by atoms with E-state index in [2.05, 4.69) is 20.8 Å². The van der Waals surface area contributed by atoms with Crippen LogP contribution in [0.15, 0.2) is 29.4 Å². The predicted octanol–water partition coefficient (Wildman–Crippen LogP) is 2.26. The molecule has 1 aromatic carbocycles. The zero-order valence-corrected chi connectivity index (χ0v) is 15.3. The van der Waals surface area contributed by atoms with E-state index in [1.54, 1.807) is 6.92 Å². The Morgan fingerprint density at radius 3 is 2.56 bits per heavy atom. The molecule has 3 rings (SSSR count). The third-order valence-electron chi connectivity index (χ3n) is 3.95. The van der Waals surface area contributed by atoms with Crippen molar-refractivity contribution in [1.82, 2.24) is 25.4 Å². The molecule has 3 amide bonds. The maximum atomic E-state index is 12.1. The van der Waals surface area contributed by atoms with Gasteiger partial charge < -0.3 is 9.88 Å². The van der Waals surface area contributed by atoms with E-state index in [1.165, 1.54) is 17.3 Å². The largest absolute Gasteiger partial charge is 0.335 e. The van der Waals surface area contributed by atoms with Crippen LogP contribution in [0.3, 0.4) is 0 Å². The SMILES string of the molecule is Cc1ccc(-c2nnc(SC(C)C(=O)NC(=O)NC3CC3)n2C)cc1. The van der Waals surface area contributed by atoms with Crippen LogP contribution in [-0.4, -0.2) is 38.0 Å². The average molecular weight is 359 g/mol. The van der Waals surface area contributed by atoms with Crippen LogP contribution < -0.4 is 10.6 Å². The smallest absolute Gasteiger partial charge is 0.321 e. The number of carbonyl (C=O) groups is 2. The fourth-order valence-corrected chi connectivity index (χ4v) is 3.06. The summed E-state index contributed by atoms with van der Waals surface area (Å²) in [7, 11) is 1.86. The molecule has 1 heterocycles. The molecule has 0 radical (unpaired) electrons. The van der Waals surface area contributed by atoms with Crippen molar-refractivity contribution in [3.8, 4) is 11.4 Å². The highest BCUT2D eigenvalue weighted by molar-refractivity contribution is 8.00. The topological polar surface area (TPSA) is 88.9 Å². The third kappa shape index (κ3) is 4.39. The van der Waals surface area contributed by atoms with Gasteiger partial charge >= 0.3 is 6.03 Å². The summed E-state index contributed by atoms with van der Waals surface area (Å²) in [6, 6.07) is 7.81. The second kappa shape index (κ2) is 7.26. The van der Waals surface area contributed by atoms with Crippen LogP contribution in [0.5, 0.6) is 0 Å². The molecule has 1 fully saturated rings. The molecule has 0 aliphatic heterocycles. The minimum atomic E-state index is -0.460. The summed E-state index contributed by atoms with van der Waals surface area (Å²) in [4.78, 5) is 23.8. The van der Waals surface area contributed by atoms with Gasteiger partial charge in [0, 0.05) is 18.7 Å². The predicted molar refractivity (Wildman–Crippen MR) is 96.2 cm³/mol. The van der Waals surface area contributed by atoms with Gasteiger partial charge in [-0.15, -0.1) is 10.2 Å². The Hall–Kier alpha value is -2.35. The lowest BCUT2D eigenvalue weighted by Gasteiger charge is -2.11. The standard InChI is InChI=1S/C17H21N5O2S/c1-10-4-6-12(7-5-10)14-20-21-17(22(14)3)25-11(2)15(23)19-16(24)18-13-8-9-13/h4-7,11,13H,8-9H2,1-3H3,(H2,18,19,23,24). The van der Waals surface area contributed by atoms with Crippen LogP contribution in [0.25, 0.3) is 11.4 Å². The quantitative estimate of drug-likeness (QED) is 0.800. The maximum absolute atomic E-state index is 12.1. The number of benzene rings is 1. The minimum Gasteiger partial charge on any atom is -0.335 e. The monoisotopic (exact) mass is 359 g/mol. The molecule has 0 saturated heterocycles. The molecule has 25 heavy (non-hydrogen) atoms. The number of imide groups is 1. The first-order chi connectivity index (χ1) is 11.9. The van der Waals surface area contributed by atoms with E-state index in [1.807, 2.05) is 42.8 Å². The van der Waals surface area contributed by atoms with Gasteiger partial charge in [0.15, 0.2) is 11.0 Å². The van der Waals surface area contributed by atoms with Crippen LogP contribution in [-0.2, 0) is 11.8 Å². The summed E-state index contributed by atoms with van der Waals surface area (Å²) in [5.41, 5.74) is 2.14. The zero-order valence-electron chi connectivity index (χ0n) is 14.4. The van der Waals surface area contributed by atoms with Gasteiger partial charge in [-0.25, -0.2) is 4.79 Å². The summed E-state index contributed by atoms with van der Waals surface area (Å²) in [6.07, 6.45) is 1.96. The molecule has 2 aromatic rings.